The van der Waals surface area contributed by atoms with Crippen LogP contribution in [0.15, 0.2) is 48.5 Å². The van der Waals surface area contributed by atoms with E-state index in [-0.39, 0.29) is 23.7 Å². The fourth-order valence-electron chi connectivity index (χ4n) is 4.37. The highest BCUT2D eigenvalue weighted by Crippen LogP contribution is 2.36. The zero-order valence-electron chi connectivity index (χ0n) is 18.0. The molecule has 7 nitrogen and oxygen atoms in total. The van der Waals surface area contributed by atoms with Crippen molar-refractivity contribution in [3.63, 3.8) is 0 Å². The monoisotopic (exact) mass is 424 g/mol. The molecule has 0 radical (unpaired) electrons. The Morgan fingerprint density at radius 1 is 0.903 bits per heavy atom. The molecule has 7 heteroatoms. The summed E-state index contributed by atoms with van der Waals surface area (Å²) in [5.41, 5.74) is 1.60. The van der Waals surface area contributed by atoms with Crippen molar-refractivity contribution in [2.24, 2.45) is 5.92 Å². The lowest BCUT2D eigenvalue weighted by molar-refractivity contribution is -0.139. The van der Waals surface area contributed by atoms with E-state index in [0.29, 0.717) is 50.7 Å². The van der Waals surface area contributed by atoms with Gasteiger partial charge in [0.05, 0.1) is 33.4 Å². The molecule has 2 heterocycles. The van der Waals surface area contributed by atoms with Crippen molar-refractivity contribution < 1.29 is 23.8 Å². The van der Waals surface area contributed by atoms with Crippen molar-refractivity contribution >= 4 is 11.8 Å². The van der Waals surface area contributed by atoms with Crippen LogP contribution in [0.5, 0.6) is 11.5 Å². The maximum Gasteiger partial charge on any atom is 0.254 e. The number of rotatable bonds is 5. The Morgan fingerprint density at radius 3 is 2.29 bits per heavy atom. The van der Waals surface area contributed by atoms with Crippen LogP contribution in [0.4, 0.5) is 0 Å². The van der Waals surface area contributed by atoms with Gasteiger partial charge in [0.1, 0.15) is 11.5 Å². The Balaban J connectivity index is 1.60. The van der Waals surface area contributed by atoms with Crippen molar-refractivity contribution in [3.8, 4) is 11.5 Å². The van der Waals surface area contributed by atoms with E-state index in [1.54, 1.807) is 37.3 Å². The van der Waals surface area contributed by atoms with E-state index in [0.717, 1.165) is 11.3 Å². The summed E-state index contributed by atoms with van der Waals surface area (Å²) < 4.78 is 15.9. The number of ether oxygens (including phenoxy) is 3. The molecule has 0 N–H and O–H groups in total. The third kappa shape index (κ3) is 4.51. The van der Waals surface area contributed by atoms with E-state index in [2.05, 4.69) is 0 Å². The van der Waals surface area contributed by atoms with Crippen molar-refractivity contribution in [1.82, 2.24) is 9.80 Å². The second kappa shape index (κ2) is 9.39. The van der Waals surface area contributed by atoms with Gasteiger partial charge in [0.15, 0.2) is 0 Å². The molecule has 2 aromatic carbocycles. The molecule has 2 aromatic rings. The van der Waals surface area contributed by atoms with Gasteiger partial charge in [0.2, 0.25) is 5.91 Å². The molecule has 0 spiro atoms. The van der Waals surface area contributed by atoms with Crippen LogP contribution in [0.25, 0.3) is 0 Å². The molecule has 2 amide bonds. The fraction of sp³-hybridized carbons (Fsp3) is 0.417. The van der Waals surface area contributed by atoms with Gasteiger partial charge >= 0.3 is 0 Å². The highest BCUT2D eigenvalue weighted by Gasteiger charge is 2.42. The molecular formula is C24H28N2O5. The molecule has 2 fully saturated rings. The van der Waals surface area contributed by atoms with E-state index in [9.17, 15) is 9.59 Å². The van der Waals surface area contributed by atoms with Crippen LogP contribution in [0.1, 0.15) is 21.8 Å². The first kappa shape index (κ1) is 21.2. The van der Waals surface area contributed by atoms with Gasteiger partial charge in [-0.25, -0.2) is 0 Å². The molecule has 2 atom stereocenters. The van der Waals surface area contributed by atoms with E-state index in [1.165, 1.54) is 0 Å². The normalized spacial score (nSPS) is 21.1. The molecule has 2 aliphatic rings. The van der Waals surface area contributed by atoms with Crippen LogP contribution in [0.3, 0.4) is 0 Å². The molecule has 2 aliphatic heterocycles. The minimum absolute atomic E-state index is 0.0733. The predicted molar refractivity (Wildman–Crippen MR) is 116 cm³/mol. The first-order valence-corrected chi connectivity index (χ1v) is 10.5. The van der Waals surface area contributed by atoms with Crippen molar-refractivity contribution in [1.29, 1.82) is 0 Å². The fourth-order valence-corrected chi connectivity index (χ4v) is 4.37. The summed E-state index contributed by atoms with van der Waals surface area (Å²) in [5.74, 6) is 1.04. The molecule has 0 bridgehead atoms. The lowest BCUT2D eigenvalue weighted by Gasteiger charge is -2.30. The average Bonchev–Trinajstić information content (AvgIpc) is 3.29. The topological polar surface area (TPSA) is 68.3 Å². The molecule has 0 aliphatic carbocycles. The second-order valence-electron chi connectivity index (χ2n) is 7.87. The van der Waals surface area contributed by atoms with Crippen LogP contribution in [0.2, 0.25) is 0 Å². The summed E-state index contributed by atoms with van der Waals surface area (Å²) in [6.45, 7) is 3.17. The number of hydrogen-bond donors (Lipinski definition) is 0. The molecule has 0 saturated carbocycles. The van der Waals surface area contributed by atoms with Crippen LogP contribution in [-0.2, 0) is 9.53 Å². The first-order chi connectivity index (χ1) is 15.1. The Morgan fingerprint density at radius 2 is 1.61 bits per heavy atom. The molecular weight excluding hydrogens is 396 g/mol. The van der Waals surface area contributed by atoms with Gasteiger partial charge in [0, 0.05) is 37.7 Å². The standard InChI is InChI=1S/C24H28N2O5/c1-29-19-8-6-17(7-9-19)21-15-26(23(27)18-4-3-5-20(14-18)30-2)16-22(21)24(28)25-10-12-31-13-11-25/h3-9,14,21-22H,10-13,15-16H2,1-2H3/t21-,22-/m1/s1. The van der Waals surface area contributed by atoms with Crippen LogP contribution in [-0.4, -0.2) is 75.2 Å². The lowest BCUT2D eigenvalue weighted by atomic mass is 9.88. The average molecular weight is 424 g/mol. The summed E-state index contributed by atoms with van der Waals surface area (Å²) in [6, 6.07) is 14.9. The SMILES string of the molecule is COc1ccc([C@H]2CN(C(=O)c3cccc(OC)c3)C[C@H]2C(=O)N2CCOCC2)cc1. The van der Waals surface area contributed by atoms with Crippen molar-refractivity contribution in [3.05, 3.63) is 59.7 Å². The van der Waals surface area contributed by atoms with Gasteiger partial charge in [-0.3, -0.25) is 9.59 Å². The number of carbonyl (C=O) groups is 2. The number of nitrogens with zero attached hydrogens (tertiary/aromatic N) is 2. The molecule has 0 unspecified atom stereocenters. The summed E-state index contributed by atoms with van der Waals surface area (Å²) in [6.07, 6.45) is 0. The zero-order chi connectivity index (χ0) is 21.8. The van der Waals surface area contributed by atoms with E-state index >= 15 is 0 Å². The highest BCUT2D eigenvalue weighted by atomic mass is 16.5. The van der Waals surface area contributed by atoms with Crippen LogP contribution in [0, 0.1) is 5.92 Å². The molecule has 2 saturated heterocycles. The summed E-state index contributed by atoms with van der Waals surface area (Å²) in [4.78, 5) is 30.3. The molecule has 31 heavy (non-hydrogen) atoms. The van der Waals surface area contributed by atoms with E-state index < -0.39 is 0 Å². The molecule has 0 aromatic heterocycles. The van der Waals surface area contributed by atoms with Gasteiger partial charge in [-0.1, -0.05) is 18.2 Å². The number of methoxy groups -OCH3 is 2. The Hall–Kier alpha value is -3.06. The van der Waals surface area contributed by atoms with Crippen LogP contribution >= 0.6 is 0 Å². The van der Waals surface area contributed by atoms with Gasteiger partial charge in [0.25, 0.3) is 5.91 Å². The van der Waals surface area contributed by atoms with Crippen LogP contribution < -0.4 is 9.47 Å². The first-order valence-electron chi connectivity index (χ1n) is 10.5. The number of morpholine rings is 1. The largest absolute Gasteiger partial charge is 0.497 e. The minimum Gasteiger partial charge on any atom is -0.497 e. The number of hydrogen-bond acceptors (Lipinski definition) is 5. The molecule has 4 rings (SSSR count). The predicted octanol–water partition coefficient (Wildman–Crippen LogP) is 2.42. The number of benzene rings is 2. The van der Waals surface area contributed by atoms with E-state index in [4.69, 9.17) is 14.2 Å². The minimum atomic E-state index is -0.291. The Labute approximate surface area is 182 Å². The summed E-state index contributed by atoms with van der Waals surface area (Å²) in [5, 5.41) is 0. The Bertz CT molecular complexity index is 924. The molecule has 164 valence electrons. The van der Waals surface area contributed by atoms with Crippen molar-refractivity contribution in [2.75, 3.05) is 53.6 Å². The maximum absolute atomic E-state index is 13.4. The number of likely N-dealkylation sites (tertiary alicyclic amines) is 1. The third-order valence-electron chi connectivity index (χ3n) is 6.11. The zero-order valence-corrected chi connectivity index (χ0v) is 18.0. The number of amides is 2. The summed E-state index contributed by atoms with van der Waals surface area (Å²) in [7, 11) is 3.21. The highest BCUT2D eigenvalue weighted by molar-refractivity contribution is 5.95. The van der Waals surface area contributed by atoms with Gasteiger partial charge in [-0.05, 0) is 35.9 Å². The summed E-state index contributed by atoms with van der Waals surface area (Å²) >= 11 is 0. The van der Waals surface area contributed by atoms with Gasteiger partial charge in [-0.15, -0.1) is 0 Å². The third-order valence-corrected chi connectivity index (χ3v) is 6.11. The maximum atomic E-state index is 13.4. The quantitative estimate of drug-likeness (QED) is 0.738. The Kier molecular flexibility index (Phi) is 6.42. The van der Waals surface area contributed by atoms with Gasteiger partial charge < -0.3 is 24.0 Å². The lowest BCUT2D eigenvalue weighted by Crippen LogP contribution is -2.45. The van der Waals surface area contributed by atoms with Crippen molar-refractivity contribution in [2.45, 2.75) is 5.92 Å². The smallest absolute Gasteiger partial charge is 0.254 e. The van der Waals surface area contributed by atoms with Gasteiger partial charge in [-0.2, -0.15) is 0 Å². The van der Waals surface area contributed by atoms with E-state index in [1.807, 2.05) is 35.2 Å². The second-order valence-corrected chi connectivity index (χ2v) is 7.87. The number of carbonyl (C=O) groups excluding carboxylic acids is 2.